The van der Waals surface area contributed by atoms with Gasteiger partial charge in [0, 0.05) is 6.08 Å². The highest BCUT2D eigenvalue weighted by Crippen LogP contribution is 2.05. The van der Waals surface area contributed by atoms with Crippen molar-refractivity contribution in [2.24, 2.45) is 0 Å². The smallest absolute Gasteiger partial charge is 0.327 e. The number of carboxylic acid groups (broad SMARTS) is 1. The number of benzene rings is 1. The highest BCUT2D eigenvalue weighted by molar-refractivity contribution is 5.79. The molecule has 0 spiro atoms. The predicted octanol–water partition coefficient (Wildman–Crippen LogP) is 2.48. The number of aliphatic carboxylic acids is 1. The Kier molecular flexibility index (Phi) is 5.75. The molecule has 0 bridgehead atoms. The Hall–Kier alpha value is -1.87. The molecule has 1 atom stereocenters. The van der Waals surface area contributed by atoms with E-state index in [-0.39, 0.29) is 0 Å². The molecule has 0 amide bonds. The third-order valence-corrected chi connectivity index (χ3v) is 2.19. The molecule has 0 fully saturated rings. The van der Waals surface area contributed by atoms with Gasteiger partial charge in [-0.2, -0.15) is 0 Å². The van der Waals surface area contributed by atoms with E-state index in [0.717, 1.165) is 11.6 Å². The average Bonchev–Trinajstić information content (AvgIpc) is 2.30. The van der Waals surface area contributed by atoms with Crippen LogP contribution in [0.5, 0.6) is 0 Å². The number of carbonyl (C=O) groups is 1. The molecular formula is C14H16O3. The summed E-state index contributed by atoms with van der Waals surface area (Å²) in [6.45, 7) is 0. The lowest BCUT2D eigenvalue weighted by Crippen LogP contribution is -2.02. The van der Waals surface area contributed by atoms with Crippen LogP contribution in [0.4, 0.5) is 0 Å². The maximum absolute atomic E-state index is 10.2. The summed E-state index contributed by atoms with van der Waals surface area (Å²) in [5.41, 5.74) is 1.08. The third kappa shape index (κ3) is 6.33. The van der Waals surface area contributed by atoms with Gasteiger partial charge in [0.25, 0.3) is 0 Å². The first-order valence-electron chi connectivity index (χ1n) is 5.47. The largest absolute Gasteiger partial charge is 0.478 e. The van der Waals surface area contributed by atoms with E-state index >= 15 is 0 Å². The minimum Gasteiger partial charge on any atom is -0.478 e. The normalized spacial score (nSPS) is 13.2. The number of carboxylic acids is 1. The fraction of sp³-hybridized carbons (Fsp3) is 0.214. The molecule has 1 rings (SSSR count). The van der Waals surface area contributed by atoms with Crippen molar-refractivity contribution in [1.82, 2.24) is 0 Å². The molecule has 0 saturated heterocycles. The second-order valence-corrected chi connectivity index (χ2v) is 3.68. The summed E-state index contributed by atoms with van der Waals surface area (Å²) in [6, 6.07) is 9.81. The molecule has 0 aliphatic carbocycles. The van der Waals surface area contributed by atoms with Gasteiger partial charge in [-0.25, -0.2) is 4.79 Å². The van der Waals surface area contributed by atoms with Crippen LogP contribution < -0.4 is 0 Å². The monoisotopic (exact) mass is 232 g/mol. The highest BCUT2D eigenvalue weighted by Gasteiger charge is 1.98. The molecule has 0 aromatic heterocycles. The van der Waals surface area contributed by atoms with Gasteiger partial charge in [-0.05, 0) is 18.4 Å². The van der Waals surface area contributed by atoms with Gasteiger partial charge in [0.1, 0.15) is 0 Å². The fourth-order valence-electron chi connectivity index (χ4n) is 1.35. The lowest BCUT2D eigenvalue weighted by atomic mass is 10.1. The SMILES string of the molecule is O=C(O)C=CCC(O)CC=Cc1ccccc1. The van der Waals surface area contributed by atoms with Crippen LogP contribution in [0.25, 0.3) is 6.08 Å². The summed E-state index contributed by atoms with van der Waals surface area (Å²) < 4.78 is 0. The Bertz CT molecular complexity index is 393. The molecular weight excluding hydrogens is 216 g/mol. The Morgan fingerprint density at radius 1 is 1.18 bits per heavy atom. The molecule has 0 radical (unpaired) electrons. The van der Waals surface area contributed by atoms with E-state index in [4.69, 9.17) is 5.11 Å². The molecule has 0 aliphatic rings. The van der Waals surface area contributed by atoms with Crippen molar-refractivity contribution >= 4 is 12.0 Å². The van der Waals surface area contributed by atoms with Gasteiger partial charge in [-0.1, -0.05) is 48.6 Å². The summed E-state index contributed by atoms with van der Waals surface area (Å²) >= 11 is 0. The first-order chi connectivity index (χ1) is 8.18. The third-order valence-electron chi connectivity index (χ3n) is 2.19. The van der Waals surface area contributed by atoms with Crippen LogP contribution in [0.1, 0.15) is 18.4 Å². The standard InChI is InChI=1S/C14H16O3/c15-13(10-5-11-14(16)17)9-4-8-12-6-2-1-3-7-12/h1-8,11,13,15H,9-10H2,(H,16,17). The van der Waals surface area contributed by atoms with Crippen molar-refractivity contribution in [2.45, 2.75) is 18.9 Å². The minimum absolute atomic E-state index is 0.353. The summed E-state index contributed by atoms with van der Waals surface area (Å²) in [4.78, 5) is 10.2. The van der Waals surface area contributed by atoms with Gasteiger partial charge in [-0.15, -0.1) is 0 Å². The lowest BCUT2D eigenvalue weighted by Gasteiger charge is -2.02. The zero-order valence-electron chi connectivity index (χ0n) is 9.49. The molecule has 1 aromatic rings. The highest BCUT2D eigenvalue weighted by atomic mass is 16.4. The van der Waals surface area contributed by atoms with Crippen LogP contribution in [0.2, 0.25) is 0 Å². The van der Waals surface area contributed by atoms with Crippen molar-refractivity contribution < 1.29 is 15.0 Å². The molecule has 0 saturated carbocycles. The van der Waals surface area contributed by atoms with E-state index in [1.54, 1.807) is 0 Å². The fourth-order valence-corrected chi connectivity index (χ4v) is 1.35. The maximum atomic E-state index is 10.2. The van der Waals surface area contributed by atoms with Crippen LogP contribution in [0, 0.1) is 0 Å². The van der Waals surface area contributed by atoms with Crippen molar-refractivity contribution in [2.75, 3.05) is 0 Å². The number of aliphatic hydroxyl groups excluding tert-OH is 1. The second kappa shape index (κ2) is 7.41. The van der Waals surface area contributed by atoms with Gasteiger partial charge in [0.05, 0.1) is 6.10 Å². The van der Waals surface area contributed by atoms with Gasteiger partial charge in [0.2, 0.25) is 0 Å². The van der Waals surface area contributed by atoms with Crippen molar-refractivity contribution in [3.63, 3.8) is 0 Å². The second-order valence-electron chi connectivity index (χ2n) is 3.68. The summed E-state index contributed by atoms with van der Waals surface area (Å²) in [5.74, 6) is -0.989. The first-order valence-corrected chi connectivity index (χ1v) is 5.47. The summed E-state index contributed by atoms with van der Waals surface area (Å²) in [6.07, 6.45) is 6.65. The number of aliphatic hydroxyl groups is 1. The Morgan fingerprint density at radius 2 is 1.82 bits per heavy atom. The van der Waals surface area contributed by atoms with Crippen molar-refractivity contribution in [3.05, 3.63) is 54.1 Å². The molecule has 0 aliphatic heterocycles. The molecule has 1 aromatic carbocycles. The molecule has 0 heterocycles. The maximum Gasteiger partial charge on any atom is 0.327 e. The van der Waals surface area contributed by atoms with Crippen LogP contribution >= 0.6 is 0 Å². The molecule has 3 heteroatoms. The van der Waals surface area contributed by atoms with E-state index in [9.17, 15) is 9.90 Å². The number of rotatable bonds is 6. The number of hydrogen-bond acceptors (Lipinski definition) is 2. The summed E-state index contributed by atoms with van der Waals surface area (Å²) in [7, 11) is 0. The predicted molar refractivity (Wildman–Crippen MR) is 67.5 cm³/mol. The van der Waals surface area contributed by atoms with Gasteiger partial charge < -0.3 is 10.2 Å². The average molecular weight is 232 g/mol. The zero-order chi connectivity index (χ0) is 12.5. The van der Waals surface area contributed by atoms with Crippen LogP contribution in [-0.2, 0) is 4.79 Å². The topological polar surface area (TPSA) is 57.5 Å². The summed E-state index contributed by atoms with van der Waals surface area (Å²) in [5, 5.41) is 17.9. The zero-order valence-corrected chi connectivity index (χ0v) is 9.49. The van der Waals surface area contributed by atoms with E-state index < -0.39 is 12.1 Å². The van der Waals surface area contributed by atoms with Gasteiger partial charge >= 0.3 is 5.97 Å². The van der Waals surface area contributed by atoms with Crippen LogP contribution in [-0.4, -0.2) is 22.3 Å². The lowest BCUT2D eigenvalue weighted by molar-refractivity contribution is -0.131. The van der Waals surface area contributed by atoms with E-state index in [1.165, 1.54) is 6.08 Å². The Labute approximate surface area is 101 Å². The Balaban J connectivity index is 2.31. The van der Waals surface area contributed by atoms with Crippen molar-refractivity contribution in [1.29, 1.82) is 0 Å². The van der Waals surface area contributed by atoms with E-state index in [0.29, 0.717) is 12.8 Å². The molecule has 17 heavy (non-hydrogen) atoms. The minimum atomic E-state index is -0.989. The number of hydrogen-bond donors (Lipinski definition) is 2. The van der Waals surface area contributed by atoms with E-state index in [1.807, 2.05) is 42.5 Å². The first kappa shape index (κ1) is 13.2. The molecule has 2 N–H and O–H groups in total. The quantitative estimate of drug-likeness (QED) is 0.741. The van der Waals surface area contributed by atoms with Gasteiger partial charge in [-0.3, -0.25) is 0 Å². The van der Waals surface area contributed by atoms with Gasteiger partial charge in [0.15, 0.2) is 0 Å². The Morgan fingerprint density at radius 3 is 2.47 bits per heavy atom. The van der Waals surface area contributed by atoms with Crippen molar-refractivity contribution in [3.8, 4) is 0 Å². The molecule has 3 nitrogen and oxygen atoms in total. The van der Waals surface area contributed by atoms with Crippen LogP contribution in [0.15, 0.2) is 48.6 Å². The molecule has 90 valence electrons. The van der Waals surface area contributed by atoms with Crippen LogP contribution in [0.3, 0.4) is 0 Å². The van der Waals surface area contributed by atoms with E-state index in [2.05, 4.69) is 0 Å². The molecule has 1 unspecified atom stereocenters.